The predicted octanol–water partition coefficient (Wildman–Crippen LogP) is 2.31. The second kappa shape index (κ2) is 6.18. The molecule has 0 unspecified atom stereocenters. The van der Waals surface area contributed by atoms with E-state index >= 15 is 0 Å². The van der Waals surface area contributed by atoms with Gasteiger partial charge in [-0.2, -0.15) is 0 Å². The van der Waals surface area contributed by atoms with Gasteiger partial charge in [-0.05, 0) is 44.1 Å². The Balaban J connectivity index is 1.72. The minimum atomic E-state index is -0.0566. The van der Waals surface area contributed by atoms with Gasteiger partial charge in [0, 0.05) is 19.2 Å². The number of anilines is 1. The van der Waals surface area contributed by atoms with Crippen LogP contribution < -0.4 is 15.5 Å². The fraction of sp³-hybridized carbons (Fsp3) is 0.438. The first-order valence-electron chi connectivity index (χ1n) is 7.34. The smallest absolute Gasteiger partial charge is 0.197 e. The first-order valence-corrected chi connectivity index (χ1v) is 7.34. The van der Waals surface area contributed by atoms with Crippen LogP contribution in [-0.4, -0.2) is 38.2 Å². The molecule has 1 aromatic carbocycles. The summed E-state index contributed by atoms with van der Waals surface area (Å²) in [6.45, 7) is 4.10. The number of fused-ring (bicyclic) bond motifs is 1. The molecule has 5 heteroatoms. The van der Waals surface area contributed by atoms with Crippen molar-refractivity contribution in [1.29, 1.82) is 0 Å². The van der Waals surface area contributed by atoms with Crippen molar-refractivity contribution in [2.45, 2.75) is 12.8 Å². The SMILES string of the molecule is COc1ccc2oc(NCCN3CCCC3)cc(=O)c2c1. The first-order chi connectivity index (χ1) is 10.3. The lowest BCUT2D eigenvalue weighted by atomic mass is 10.2. The quantitative estimate of drug-likeness (QED) is 0.915. The van der Waals surface area contributed by atoms with Gasteiger partial charge in [-0.15, -0.1) is 0 Å². The molecule has 112 valence electrons. The van der Waals surface area contributed by atoms with E-state index in [9.17, 15) is 4.79 Å². The van der Waals surface area contributed by atoms with E-state index in [4.69, 9.17) is 9.15 Å². The number of nitrogens with zero attached hydrogens (tertiary/aromatic N) is 1. The molecule has 1 saturated heterocycles. The zero-order valence-electron chi connectivity index (χ0n) is 12.2. The summed E-state index contributed by atoms with van der Waals surface area (Å²) in [7, 11) is 1.58. The largest absolute Gasteiger partial charge is 0.497 e. The molecule has 5 nitrogen and oxygen atoms in total. The van der Waals surface area contributed by atoms with Gasteiger partial charge in [0.05, 0.1) is 12.5 Å². The van der Waals surface area contributed by atoms with Gasteiger partial charge < -0.3 is 19.4 Å². The van der Waals surface area contributed by atoms with E-state index in [2.05, 4.69) is 10.2 Å². The highest BCUT2D eigenvalue weighted by atomic mass is 16.5. The van der Waals surface area contributed by atoms with Crippen LogP contribution in [0.1, 0.15) is 12.8 Å². The van der Waals surface area contributed by atoms with Crippen LogP contribution in [-0.2, 0) is 0 Å². The highest BCUT2D eigenvalue weighted by molar-refractivity contribution is 5.79. The molecule has 1 aromatic heterocycles. The number of likely N-dealkylation sites (tertiary alicyclic amines) is 1. The highest BCUT2D eigenvalue weighted by Gasteiger charge is 2.11. The third-order valence-corrected chi connectivity index (χ3v) is 3.86. The molecule has 0 atom stereocenters. The number of nitrogens with one attached hydrogen (secondary N) is 1. The zero-order chi connectivity index (χ0) is 14.7. The van der Waals surface area contributed by atoms with Gasteiger partial charge in [0.15, 0.2) is 11.3 Å². The predicted molar refractivity (Wildman–Crippen MR) is 83.2 cm³/mol. The average Bonchev–Trinajstić information content (AvgIpc) is 3.00. The van der Waals surface area contributed by atoms with Crippen LogP contribution in [0.2, 0.25) is 0 Å². The van der Waals surface area contributed by atoms with E-state index in [1.54, 1.807) is 25.3 Å². The van der Waals surface area contributed by atoms with Crippen molar-refractivity contribution in [3.05, 3.63) is 34.5 Å². The van der Waals surface area contributed by atoms with Crippen molar-refractivity contribution in [3.8, 4) is 5.75 Å². The van der Waals surface area contributed by atoms with Gasteiger partial charge in [-0.1, -0.05) is 0 Å². The third kappa shape index (κ3) is 3.19. The molecule has 0 bridgehead atoms. The maximum atomic E-state index is 12.1. The van der Waals surface area contributed by atoms with Crippen molar-refractivity contribution in [1.82, 2.24) is 4.90 Å². The number of methoxy groups -OCH3 is 1. The lowest BCUT2D eigenvalue weighted by molar-refractivity contribution is 0.351. The number of rotatable bonds is 5. The number of ether oxygens (including phenoxy) is 1. The van der Waals surface area contributed by atoms with Crippen molar-refractivity contribution < 1.29 is 9.15 Å². The molecule has 1 aliphatic rings. The fourth-order valence-electron chi connectivity index (χ4n) is 2.69. The van der Waals surface area contributed by atoms with Crippen LogP contribution in [0.25, 0.3) is 11.0 Å². The van der Waals surface area contributed by atoms with Crippen LogP contribution in [0, 0.1) is 0 Å². The molecule has 0 amide bonds. The molecular weight excluding hydrogens is 268 g/mol. The van der Waals surface area contributed by atoms with Crippen LogP contribution in [0.5, 0.6) is 5.75 Å². The molecule has 0 aliphatic carbocycles. The van der Waals surface area contributed by atoms with Gasteiger partial charge in [-0.3, -0.25) is 4.79 Å². The Labute approximate surface area is 123 Å². The maximum absolute atomic E-state index is 12.1. The molecule has 2 heterocycles. The molecule has 1 aliphatic heterocycles. The summed E-state index contributed by atoms with van der Waals surface area (Å²) in [5.74, 6) is 1.18. The Bertz CT molecular complexity index is 675. The summed E-state index contributed by atoms with van der Waals surface area (Å²) in [6, 6.07) is 6.77. The van der Waals surface area contributed by atoms with Gasteiger partial charge in [0.25, 0.3) is 0 Å². The van der Waals surface area contributed by atoms with Gasteiger partial charge in [0.2, 0.25) is 0 Å². The third-order valence-electron chi connectivity index (χ3n) is 3.86. The second-order valence-corrected chi connectivity index (χ2v) is 5.31. The highest BCUT2D eigenvalue weighted by Crippen LogP contribution is 2.20. The summed E-state index contributed by atoms with van der Waals surface area (Å²) >= 11 is 0. The van der Waals surface area contributed by atoms with Crippen molar-refractivity contribution in [3.63, 3.8) is 0 Å². The topological polar surface area (TPSA) is 54.7 Å². The fourth-order valence-corrected chi connectivity index (χ4v) is 2.69. The normalized spacial score (nSPS) is 15.5. The summed E-state index contributed by atoms with van der Waals surface area (Å²) in [4.78, 5) is 14.5. The maximum Gasteiger partial charge on any atom is 0.197 e. The van der Waals surface area contributed by atoms with Crippen LogP contribution in [0.15, 0.2) is 33.5 Å². The van der Waals surface area contributed by atoms with Crippen molar-refractivity contribution >= 4 is 16.9 Å². The van der Waals surface area contributed by atoms with Gasteiger partial charge in [0.1, 0.15) is 11.3 Å². The van der Waals surface area contributed by atoms with E-state index in [0.717, 1.165) is 13.1 Å². The molecule has 2 aromatic rings. The summed E-state index contributed by atoms with van der Waals surface area (Å²) in [5.41, 5.74) is 0.519. The van der Waals surface area contributed by atoms with Gasteiger partial charge >= 0.3 is 0 Å². The summed E-state index contributed by atoms with van der Waals surface area (Å²) < 4.78 is 10.8. The van der Waals surface area contributed by atoms with Crippen LogP contribution in [0.4, 0.5) is 5.88 Å². The molecular formula is C16H20N2O3. The first kappa shape index (κ1) is 13.9. The number of hydrogen-bond donors (Lipinski definition) is 1. The lowest BCUT2D eigenvalue weighted by Gasteiger charge is -2.14. The van der Waals surface area contributed by atoms with Crippen molar-refractivity contribution in [2.24, 2.45) is 0 Å². The summed E-state index contributed by atoms with van der Waals surface area (Å²) in [6.07, 6.45) is 2.57. The zero-order valence-corrected chi connectivity index (χ0v) is 12.2. The van der Waals surface area contributed by atoms with E-state index in [1.165, 1.54) is 32.0 Å². The molecule has 1 fully saturated rings. The van der Waals surface area contributed by atoms with Gasteiger partial charge in [-0.25, -0.2) is 0 Å². The van der Waals surface area contributed by atoms with Crippen LogP contribution in [0.3, 0.4) is 0 Å². The minimum Gasteiger partial charge on any atom is -0.497 e. The monoisotopic (exact) mass is 288 g/mol. The number of benzene rings is 1. The van der Waals surface area contributed by atoms with Crippen molar-refractivity contribution in [2.75, 3.05) is 38.6 Å². The Hall–Kier alpha value is -2.01. The molecule has 1 N–H and O–H groups in total. The Morgan fingerprint density at radius 1 is 1.29 bits per heavy atom. The molecule has 0 spiro atoms. The minimum absolute atomic E-state index is 0.0566. The van der Waals surface area contributed by atoms with E-state index in [-0.39, 0.29) is 5.43 Å². The van der Waals surface area contributed by atoms with E-state index in [1.807, 2.05) is 0 Å². The Morgan fingerprint density at radius 2 is 2.10 bits per heavy atom. The standard InChI is InChI=1S/C16H20N2O3/c1-20-12-4-5-15-13(10-12)14(19)11-16(21-15)17-6-9-18-7-2-3-8-18/h4-5,10-11,17H,2-3,6-9H2,1H3. The molecule has 0 radical (unpaired) electrons. The summed E-state index contributed by atoms with van der Waals surface area (Å²) in [5, 5.41) is 3.73. The lowest BCUT2D eigenvalue weighted by Crippen LogP contribution is -2.26. The second-order valence-electron chi connectivity index (χ2n) is 5.31. The molecule has 21 heavy (non-hydrogen) atoms. The molecule has 0 saturated carbocycles. The average molecular weight is 288 g/mol. The number of hydrogen-bond acceptors (Lipinski definition) is 5. The Morgan fingerprint density at radius 3 is 2.86 bits per heavy atom. The van der Waals surface area contributed by atoms with E-state index in [0.29, 0.717) is 22.6 Å². The molecule has 3 rings (SSSR count). The Kier molecular flexibility index (Phi) is 4.10. The van der Waals surface area contributed by atoms with Crippen LogP contribution >= 0.6 is 0 Å². The van der Waals surface area contributed by atoms with E-state index < -0.39 is 0 Å².